The Hall–Kier alpha value is -4.23. The number of sulfonamides is 1. The van der Waals surface area contributed by atoms with Crippen molar-refractivity contribution < 1.29 is 13.2 Å². The molecule has 0 aliphatic carbocycles. The van der Waals surface area contributed by atoms with E-state index in [1.807, 2.05) is 24.3 Å². The van der Waals surface area contributed by atoms with Gasteiger partial charge >= 0.3 is 0 Å². The molecule has 0 unspecified atom stereocenters. The van der Waals surface area contributed by atoms with Crippen molar-refractivity contribution in [1.29, 1.82) is 0 Å². The van der Waals surface area contributed by atoms with Gasteiger partial charge in [-0.2, -0.15) is 0 Å². The summed E-state index contributed by atoms with van der Waals surface area (Å²) in [5.74, 6) is 0.365. The molecule has 38 heavy (non-hydrogen) atoms. The molecule has 192 valence electrons. The smallest absolute Gasteiger partial charge is 0.264 e. The third kappa shape index (κ3) is 4.97. The third-order valence-corrected chi connectivity index (χ3v) is 8.02. The molecule has 0 saturated carbocycles. The molecule has 0 saturated heterocycles. The maximum absolute atomic E-state index is 13.2. The lowest BCUT2D eigenvalue weighted by molar-refractivity contribution is 0.0981. The second-order valence-electron chi connectivity index (χ2n) is 9.41. The molecule has 0 fully saturated rings. The number of aromatic nitrogens is 2. The molecule has 6 nitrogen and oxygen atoms in total. The van der Waals surface area contributed by atoms with E-state index in [1.54, 1.807) is 48.5 Å². The van der Waals surface area contributed by atoms with Gasteiger partial charge in [-0.1, -0.05) is 73.7 Å². The van der Waals surface area contributed by atoms with E-state index >= 15 is 0 Å². The number of nitrogens with one attached hydrogen (secondary N) is 1. The minimum atomic E-state index is -4.09. The largest absolute Gasteiger partial charge is 0.323 e. The Balaban J connectivity index is 1.44. The molecule has 0 atom stereocenters. The van der Waals surface area contributed by atoms with E-state index in [2.05, 4.69) is 42.2 Å². The molecule has 4 aromatic carbocycles. The number of carbonyl (C=O) groups excluding carboxylic acids is 1. The molecule has 7 heteroatoms. The summed E-state index contributed by atoms with van der Waals surface area (Å²) < 4.78 is 30.8. The van der Waals surface area contributed by atoms with Crippen LogP contribution in [-0.2, 0) is 23.0 Å². The molecule has 5 aromatic rings. The Labute approximate surface area is 223 Å². The van der Waals surface area contributed by atoms with Gasteiger partial charge in [0.05, 0.1) is 15.9 Å². The molecule has 5 rings (SSSR count). The van der Waals surface area contributed by atoms with Crippen LogP contribution >= 0.6 is 0 Å². The Kier molecular flexibility index (Phi) is 6.87. The highest BCUT2D eigenvalue weighted by Crippen LogP contribution is 2.29. The second kappa shape index (κ2) is 10.3. The summed E-state index contributed by atoms with van der Waals surface area (Å²) in [6.45, 7) is 6.96. The average molecular weight is 524 g/mol. The Morgan fingerprint density at radius 2 is 1.58 bits per heavy atom. The first-order valence-electron chi connectivity index (χ1n) is 12.5. The van der Waals surface area contributed by atoms with Crippen LogP contribution in [0.2, 0.25) is 0 Å². The van der Waals surface area contributed by atoms with E-state index in [9.17, 15) is 13.2 Å². The van der Waals surface area contributed by atoms with Gasteiger partial charge in [0.1, 0.15) is 5.82 Å². The average Bonchev–Trinajstić information content (AvgIpc) is 3.27. The maximum atomic E-state index is 13.2. The van der Waals surface area contributed by atoms with Gasteiger partial charge in [-0.3, -0.25) is 4.79 Å². The first-order chi connectivity index (χ1) is 18.3. The van der Waals surface area contributed by atoms with E-state index < -0.39 is 15.9 Å². The summed E-state index contributed by atoms with van der Waals surface area (Å²) >= 11 is 0. The number of hydrogen-bond acceptors (Lipinski definition) is 4. The minimum Gasteiger partial charge on any atom is -0.323 e. The molecular weight excluding hydrogens is 494 g/mol. The molecule has 0 aliphatic heterocycles. The summed E-state index contributed by atoms with van der Waals surface area (Å²) in [6.07, 6.45) is 0.825. The zero-order valence-electron chi connectivity index (χ0n) is 21.6. The highest BCUT2D eigenvalue weighted by atomic mass is 32.2. The monoisotopic (exact) mass is 523 g/mol. The summed E-state index contributed by atoms with van der Waals surface area (Å²) in [6, 6.07) is 27.2. The van der Waals surface area contributed by atoms with Crippen LogP contribution in [-0.4, -0.2) is 23.9 Å². The van der Waals surface area contributed by atoms with Crippen molar-refractivity contribution in [3.63, 3.8) is 0 Å². The van der Waals surface area contributed by atoms with Crippen LogP contribution in [0.4, 0.5) is 0 Å². The van der Waals surface area contributed by atoms with Gasteiger partial charge in [-0.25, -0.2) is 18.1 Å². The van der Waals surface area contributed by atoms with Crippen LogP contribution in [0, 0.1) is 13.8 Å². The quantitative estimate of drug-likeness (QED) is 0.282. The first kappa shape index (κ1) is 25.4. The van der Waals surface area contributed by atoms with Gasteiger partial charge in [0, 0.05) is 24.1 Å². The van der Waals surface area contributed by atoms with Crippen LogP contribution < -0.4 is 4.72 Å². The standard InChI is InChI=1S/C31H29N3O3S/c1-4-29-32-30-22(3)18-21(2)19-27(30)34(29)20-23-14-16-24(17-15-23)26-12-8-9-13-28(26)38(36,37)33-31(35)25-10-6-5-7-11-25/h5-19H,4,20H2,1-3H3,(H,33,35). The lowest BCUT2D eigenvalue weighted by atomic mass is 10.0. The zero-order chi connectivity index (χ0) is 26.9. The van der Waals surface area contributed by atoms with Crippen molar-refractivity contribution in [2.45, 2.75) is 38.6 Å². The van der Waals surface area contributed by atoms with E-state index in [1.165, 1.54) is 17.2 Å². The predicted molar refractivity (Wildman–Crippen MR) is 151 cm³/mol. The van der Waals surface area contributed by atoms with Crippen molar-refractivity contribution in [1.82, 2.24) is 14.3 Å². The summed E-state index contributed by atoms with van der Waals surface area (Å²) in [5, 5.41) is 0. The van der Waals surface area contributed by atoms with Gasteiger partial charge in [-0.15, -0.1) is 0 Å². The number of carbonyl (C=O) groups is 1. The number of fused-ring (bicyclic) bond motifs is 1. The fourth-order valence-corrected chi connectivity index (χ4v) is 6.01. The zero-order valence-corrected chi connectivity index (χ0v) is 22.4. The summed E-state index contributed by atoms with van der Waals surface area (Å²) in [4.78, 5) is 17.5. The van der Waals surface area contributed by atoms with Crippen LogP contribution in [0.25, 0.3) is 22.2 Å². The lowest BCUT2D eigenvalue weighted by Crippen LogP contribution is -2.30. The van der Waals surface area contributed by atoms with Crippen molar-refractivity contribution in [2.75, 3.05) is 0 Å². The summed E-state index contributed by atoms with van der Waals surface area (Å²) in [7, 11) is -4.09. The molecule has 0 spiro atoms. The van der Waals surface area contributed by atoms with E-state index in [4.69, 9.17) is 4.98 Å². The minimum absolute atomic E-state index is 0.0526. The van der Waals surface area contributed by atoms with Crippen molar-refractivity contribution in [3.8, 4) is 11.1 Å². The molecule has 1 amide bonds. The van der Waals surface area contributed by atoms with Crippen LogP contribution in [0.3, 0.4) is 0 Å². The van der Waals surface area contributed by atoms with Crippen molar-refractivity contribution >= 4 is 27.0 Å². The number of aryl methyl sites for hydroxylation is 3. The number of rotatable bonds is 7. The van der Waals surface area contributed by atoms with Crippen LogP contribution in [0.1, 0.15) is 39.8 Å². The molecule has 0 aliphatic rings. The van der Waals surface area contributed by atoms with E-state index in [-0.39, 0.29) is 10.5 Å². The molecule has 1 aromatic heterocycles. The number of nitrogens with zero attached hydrogens (tertiary/aromatic N) is 2. The number of hydrogen-bond donors (Lipinski definition) is 1. The maximum Gasteiger partial charge on any atom is 0.264 e. The fourth-order valence-electron chi connectivity index (χ4n) is 4.80. The lowest BCUT2D eigenvalue weighted by Gasteiger charge is -2.13. The van der Waals surface area contributed by atoms with Crippen LogP contribution in [0.15, 0.2) is 95.9 Å². The normalized spacial score (nSPS) is 11.6. The Bertz CT molecular complexity index is 1740. The van der Waals surface area contributed by atoms with Gasteiger partial charge in [-0.05, 0) is 60.4 Å². The van der Waals surface area contributed by atoms with Gasteiger partial charge < -0.3 is 4.57 Å². The molecule has 0 bridgehead atoms. The number of amides is 1. The first-order valence-corrected chi connectivity index (χ1v) is 14.0. The van der Waals surface area contributed by atoms with Gasteiger partial charge in [0.2, 0.25) is 0 Å². The van der Waals surface area contributed by atoms with E-state index in [0.717, 1.165) is 34.4 Å². The topological polar surface area (TPSA) is 81.1 Å². The molecule has 1 heterocycles. The second-order valence-corrected chi connectivity index (χ2v) is 11.1. The SMILES string of the molecule is CCc1nc2c(C)cc(C)cc2n1Cc1ccc(-c2ccccc2S(=O)(=O)NC(=O)c2ccccc2)cc1. The highest BCUT2D eigenvalue weighted by molar-refractivity contribution is 7.90. The number of imidazole rings is 1. The third-order valence-electron chi connectivity index (χ3n) is 6.63. The Morgan fingerprint density at radius 1 is 0.895 bits per heavy atom. The van der Waals surface area contributed by atoms with Crippen LogP contribution in [0.5, 0.6) is 0 Å². The van der Waals surface area contributed by atoms with E-state index in [0.29, 0.717) is 12.1 Å². The van der Waals surface area contributed by atoms with Gasteiger partial charge in [0.25, 0.3) is 15.9 Å². The molecule has 1 N–H and O–H groups in total. The number of benzene rings is 4. The highest BCUT2D eigenvalue weighted by Gasteiger charge is 2.22. The fraction of sp³-hybridized carbons (Fsp3) is 0.161. The Morgan fingerprint density at radius 3 is 2.29 bits per heavy atom. The van der Waals surface area contributed by atoms with Crippen molar-refractivity contribution in [2.24, 2.45) is 0 Å². The molecular formula is C31H29N3O3S. The molecule has 0 radical (unpaired) electrons. The predicted octanol–water partition coefficient (Wildman–Crippen LogP) is 6.05. The van der Waals surface area contributed by atoms with Gasteiger partial charge in [0.15, 0.2) is 0 Å². The summed E-state index contributed by atoms with van der Waals surface area (Å²) in [5.41, 5.74) is 7.16. The van der Waals surface area contributed by atoms with Crippen molar-refractivity contribution in [3.05, 3.63) is 119 Å².